The van der Waals surface area contributed by atoms with Gasteiger partial charge in [0.05, 0.1) is 11.4 Å². The van der Waals surface area contributed by atoms with Gasteiger partial charge in [0.25, 0.3) is 5.91 Å². The molecule has 1 aromatic carbocycles. The molecule has 1 N–H and O–H groups in total. The lowest BCUT2D eigenvalue weighted by Crippen LogP contribution is -2.31. The van der Waals surface area contributed by atoms with E-state index >= 15 is 0 Å². The van der Waals surface area contributed by atoms with Crippen LogP contribution in [0.15, 0.2) is 48.8 Å². The van der Waals surface area contributed by atoms with E-state index in [2.05, 4.69) is 16.5 Å². The summed E-state index contributed by atoms with van der Waals surface area (Å²) in [5.74, 6) is 0.645. The zero-order valence-corrected chi connectivity index (χ0v) is 14.4. The molecule has 5 heteroatoms. The predicted molar refractivity (Wildman–Crippen MR) is 95.0 cm³/mol. The summed E-state index contributed by atoms with van der Waals surface area (Å²) < 4.78 is 3.76. The molecule has 3 aromatic rings. The summed E-state index contributed by atoms with van der Waals surface area (Å²) in [7, 11) is 0. The molecular formula is C19H22N4O. The summed E-state index contributed by atoms with van der Waals surface area (Å²) in [6.07, 6.45) is 3.85. The van der Waals surface area contributed by atoms with Crippen molar-refractivity contribution in [1.29, 1.82) is 0 Å². The average Bonchev–Trinajstić information content (AvgIpc) is 3.13. The van der Waals surface area contributed by atoms with Gasteiger partial charge >= 0.3 is 0 Å². The van der Waals surface area contributed by atoms with Crippen LogP contribution in [0.2, 0.25) is 0 Å². The van der Waals surface area contributed by atoms with Gasteiger partial charge in [0, 0.05) is 18.4 Å². The van der Waals surface area contributed by atoms with E-state index in [1.165, 1.54) is 0 Å². The Morgan fingerprint density at radius 1 is 1.12 bits per heavy atom. The van der Waals surface area contributed by atoms with Crippen LogP contribution >= 0.6 is 0 Å². The number of hydrogen-bond donors (Lipinski definition) is 1. The maximum absolute atomic E-state index is 12.7. The van der Waals surface area contributed by atoms with Crippen molar-refractivity contribution in [3.8, 4) is 11.5 Å². The molecule has 0 aliphatic heterocycles. The smallest absolute Gasteiger partial charge is 0.257 e. The Labute approximate surface area is 141 Å². The molecule has 0 saturated carbocycles. The molecule has 5 nitrogen and oxygen atoms in total. The monoisotopic (exact) mass is 322 g/mol. The first-order valence-corrected chi connectivity index (χ1v) is 8.08. The molecule has 0 saturated heterocycles. The Hall–Kier alpha value is -2.82. The van der Waals surface area contributed by atoms with Crippen molar-refractivity contribution < 1.29 is 4.79 Å². The standard InChI is InChI=1S/C19H22N4O/c1-13(2)20-18(24)17-15(4)21-23(16-9-7-8-14(3)12-16)19(17)22-10-5-6-11-22/h5-13H,1-4H3,(H,20,24). The highest BCUT2D eigenvalue weighted by Crippen LogP contribution is 2.23. The van der Waals surface area contributed by atoms with Crippen molar-refractivity contribution in [2.24, 2.45) is 0 Å². The minimum Gasteiger partial charge on any atom is -0.350 e. The average molecular weight is 322 g/mol. The van der Waals surface area contributed by atoms with Gasteiger partial charge in [-0.05, 0) is 57.5 Å². The minimum atomic E-state index is -0.106. The zero-order valence-electron chi connectivity index (χ0n) is 14.4. The van der Waals surface area contributed by atoms with Crippen molar-refractivity contribution in [1.82, 2.24) is 19.7 Å². The second-order valence-electron chi connectivity index (χ2n) is 6.25. The molecule has 0 fully saturated rings. The van der Waals surface area contributed by atoms with Crippen molar-refractivity contribution in [3.05, 3.63) is 65.6 Å². The van der Waals surface area contributed by atoms with E-state index in [1.54, 1.807) is 0 Å². The van der Waals surface area contributed by atoms with Gasteiger partial charge in [0.2, 0.25) is 0 Å². The second-order valence-corrected chi connectivity index (χ2v) is 6.25. The third-order valence-corrected chi connectivity index (χ3v) is 3.78. The van der Waals surface area contributed by atoms with E-state index < -0.39 is 0 Å². The number of aryl methyl sites for hydroxylation is 2. The summed E-state index contributed by atoms with van der Waals surface area (Å²) in [4.78, 5) is 12.7. The van der Waals surface area contributed by atoms with Crippen molar-refractivity contribution in [2.45, 2.75) is 33.7 Å². The lowest BCUT2D eigenvalue weighted by atomic mass is 10.2. The van der Waals surface area contributed by atoms with Gasteiger partial charge in [-0.15, -0.1) is 0 Å². The van der Waals surface area contributed by atoms with Gasteiger partial charge in [0.15, 0.2) is 5.82 Å². The van der Waals surface area contributed by atoms with Crippen LogP contribution in [0.3, 0.4) is 0 Å². The first kappa shape index (κ1) is 16.1. The van der Waals surface area contributed by atoms with Crippen molar-refractivity contribution >= 4 is 5.91 Å². The van der Waals surface area contributed by atoms with Crippen LogP contribution in [0, 0.1) is 13.8 Å². The Bertz CT molecular complexity index is 860. The molecule has 0 bridgehead atoms. The first-order valence-electron chi connectivity index (χ1n) is 8.08. The summed E-state index contributed by atoms with van der Waals surface area (Å²) in [6.45, 7) is 7.82. The number of aromatic nitrogens is 3. The lowest BCUT2D eigenvalue weighted by Gasteiger charge is -2.13. The van der Waals surface area contributed by atoms with Crippen LogP contribution in [0.4, 0.5) is 0 Å². The molecule has 0 spiro atoms. The van der Waals surface area contributed by atoms with Crippen LogP contribution in [0.25, 0.3) is 11.5 Å². The highest BCUT2D eigenvalue weighted by Gasteiger charge is 2.23. The second kappa shape index (κ2) is 6.35. The van der Waals surface area contributed by atoms with Crippen molar-refractivity contribution in [3.63, 3.8) is 0 Å². The maximum Gasteiger partial charge on any atom is 0.257 e. The number of hydrogen-bond acceptors (Lipinski definition) is 2. The quantitative estimate of drug-likeness (QED) is 0.800. The zero-order chi connectivity index (χ0) is 17.3. The van der Waals surface area contributed by atoms with Gasteiger partial charge in [0.1, 0.15) is 5.56 Å². The number of carbonyl (C=O) groups excluding carboxylic acids is 1. The predicted octanol–water partition coefficient (Wildman–Crippen LogP) is 3.42. The summed E-state index contributed by atoms with van der Waals surface area (Å²) in [5, 5.41) is 7.61. The van der Waals surface area contributed by atoms with E-state index in [9.17, 15) is 4.79 Å². The number of nitrogens with one attached hydrogen (secondary N) is 1. The van der Waals surface area contributed by atoms with Gasteiger partial charge in [-0.1, -0.05) is 12.1 Å². The molecule has 0 aliphatic carbocycles. The fraction of sp³-hybridized carbons (Fsp3) is 0.263. The van der Waals surface area contributed by atoms with Crippen LogP contribution in [-0.4, -0.2) is 26.3 Å². The van der Waals surface area contributed by atoms with E-state index in [1.807, 2.05) is 79.7 Å². The number of amides is 1. The third-order valence-electron chi connectivity index (χ3n) is 3.78. The van der Waals surface area contributed by atoms with E-state index in [4.69, 9.17) is 0 Å². The summed E-state index contributed by atoms with van der Waals surface area (Å²) in [5.41, 5.74) is 3.39. The van der Waals surface area contributed by atoms with Gasteiger partial charge < -0.3 is 9.88 Å². The van der Waals surface area contributed by atoms with Crippen molar-refractivity contribution in [2.75, 3.05) is 0 Å². The lowest BCUT2D eigenvalue weighted by molar-refractivity contribution is 0.0942. The van der Waals surface area contributed by atoms with E-state index in [0.717, 1.165) is 17.1 Å². The van der Waals surface area contributed by atoms with Gasteiger partial charge in [-0.3, -0.25) is 4.79 Å². The molecule has 24 heavy (non-hydrogen) atoms. The molecule has 0 atom stereocenters. The SMILES string of the molecule is Cc1cccc(-n2nc(C)c(C(=O)NC(C)C)c2-n2cccc2)c1. The van der Waals surface area contributed by atoms with E-state index in [0.29, 0.717) is 11.3 Å². The summed E-state index contributed by atoms with van der Waals surface area (Å²) >= 11 is 0. The maximum atomic E-state index is 12.7. The topological polar surface area (TPSA) is 51.9 Å². The molecular weight excluding hydrogens is 300 g/mol. The van der Waals surface area contributed by atoms with Crippen LogP contribution < -0.4 is 5.32 Å². The molecule has 0 aliphatic rings. The molecule has 0 unspecified atom stereocenters. The fourth-order valence-corrected chi connectivity index (χ4v) is 2.77. The normalized spacial score (nSPS) is 11.0. The molecule has 1 amide bonds. The first-order chi connectivity index (χ1) is 11.5. The fourth-order valence-electron chi connectivity index (χ4n) is 2.77. The molecule has 2 aromatic heterocycles. The number of carbonyl (C=O) groups is 1. The third kappa shape index (κ3) is 2.97. The Morgan fingerprint density at radius 2 is 1.83 bits per heavy atom. The van der Waals surface area contributed by atoms with Gasteiger partial charge in [-0.2, -0.15) is 5.10 Å². The molecule has 0 radical (unpaired) electrons. The molecule has 2 heterocycles. The number of benzene rings is 1. The minimum absolute atomic E-state index is 0.0664. The Morgan fingerprint density at radius 3 is 2.46 bits per heavy atom. The molecule has 3 rings (SSSR count). The van der Waals surface area contributed by atoms with Crippen LogP contribution in [-0.2, 0) is 0 Å². The van der Waals surface area contributed by atoms with Gasteiger partial charge in [-0.25, -0.2) is 4.68 Å². The Balaban J connectivity index is 2.22. The number of nitrogens with zero attached hydrogens (tertiary/aromatic N) is 3. The van der Waals surface area contributed by atoms with Crippen LogP contribution in [0.5, 0.6) is 0 Å². The van der Waals surface area contributed by atoms with Crippen LogP contribution in [0.1, 0.15) is 35.5 Å². The highest BCUT2D eigenvalue weighted by atomic mass is 16.1. The highest BCUT2D eigenvalue weighted by molar-refractivity contribution is 5.98. The Kier molecular flexibility index (Phi) is 4.25. The summed E-state index contributed by atoms with van der Waals surface area (Å²) in [6, 6.07) is 12.0. The van der Waals surface area contributed by atoms with E-state index in [-0.39, 0.29) is 11.9 Å². The largest absolute Gasteiger partial charge is 0.350 e. The number of rotatable bonds is 4. The molecule has 124 valence electrons.